The molecule has 0 spiro atoms. The van der Waals surface area contributed by atoms with Crippen molar-refractivity contribution in [2.75, 3.05) is 0 Å². The van der Waals surface area contributed by atoms with E-state index in [0.29, 0.717) is 16.2 Å². The van der Waals surface area contributed by atoms with Crippen molar-refractivity contribution in [3.63, 3.8) is 0 Å². The molecule has 2 aromatic heterocycles. The maximum absolute atomic E-state index is 5.73. The van der Waals surface area contributed by atoms with Gasteiger partial charge in [0.15, 0.2) is 5.65 Å². The Bertz CT molecular complexity index is 396. The van der Waals surface area contributed by atoms with Crippen molar-refractivity contribution in [2.24, 2.45) is 0 Å². The van der Waals surface area contributed by atoms with Gasteiger partial charge < -0.3 is 0 Å². The molecular weight excluding hydrogens is 187 g/mol. The molecule has 0 aromatic carbocycles. The third-order valence-corrected chi connectivity index (χ3v) is 1.78. The van der Waals surface area contributed by atoms with Crippen LogP contribution in [-0.4, -0.2) is 19.3 Å². The van der Waals surface area contributed by atoms with E-state index in [-0.39, 0.29) is 0 Å². The third-order valence-electron chi connectivity index (χ3n) is 1.25. The van der Waals surface area contributed by atoms with Gasteiger partial charge in [0.1, 0.15) is 11.8 Å². The molecule has 0 unspecified atom stereocenters. The summed E-state index contributed by atoms with van der Waals surface area (Å²) in [5.74, 6) is 0. The van der Waals surface area contributed by atoms with E-state index in [2.05, 4.69) is 15.2 Å². The molecule has 11 heavy (non-hydrogen) atoms. The van der Waals surface area contributed by atoms with E-state index in [0.717, 1.165) is 0 Å². The molecule has 0 amide bonds. The Balaban J connectivity index is 2.94. The van der Waals surface area contributed by atoms with Crippen LogP contribution in [0.2, 0.25) is 5.02 Å². The molecule has 0 atom stereocenters. The monoisotopic (exact) mass is 188 g/mol. The summed E-state index contributed by atoms with van der Waals surface area (Å²) in [6.45, 7) is 0. The molecule has 0 radical (unpaired) electrons. The van der Waals surface area contributed by atoms with E-state index in [9.17, 15) is 0 Å². The van der Waals surface area contributed by atoms with Crippen LogP contribution in [0, 0.1) is 0 Å². The highest BCUT2D eigenvalue weighted by atomic mass is 35.5. The molecule has 2 rings (SSSR count). The molecule has 56 valence electrons. The number of hydrogen-bond donors (Lipinski definition) is 0. The predicted octanol–water partition coefficient (Wildman–Crippen LogP) is 1.48. The Labute approximate surface area is 71.9 Å². The number of rotatable bonds is 0. The molecule has 0 aliphatic carbocycles. The zero-order valence-corrected chi connectivity index (χ0v) is 6.71. The highest BCUT2D eigenvalue weighted by Gasteiger charge is 2.05. The van der Waals surface area contributed by atoms with E-state index in [1.807, 2.05) is 0 Å². The van der Waals surface area contributed by atoms with Gasteiger partial charge in [-0.1, -0.05) is 11.6 Å². The lowest BCUT2D eigenvalue weighted by Gasteiger charge is -1.89. The van der Waals surface area contributed by atoms with Crippen LogP contribution in [-0.2, 0) is 0 Å². The Hall–Kier alpha value is -0.870. The lowest BCUT2D eigenvalue weighted by molar-refractivity contribution is 1.04. The fourth-order valence-electron chi connectivity index (χ4n) is 0.776. The van der Waals surface area contributed by atoms with E-state index in [1.54, 1.807) is 0 Å². The summed E-state index contributed by atoms with van der Waals surface area (Å²) in [6, 6.07) is 0. The number of fused-ring (bicyclic) bond motifs is 1. The highest BCUT2D eigenvalue weighted by molar-refractivity contribution is 6.35. The molecule has 0 aliphatic rings. The van der Waals surface area contributed by atoms with E-state index >= 15 is 0 Å². The highest BCUT2D eigenvalue weighted by Crippen LogP contribution is 2.18. The predicted molar refractivity (Wildman–Crippen MR) is 41.6 cm³/mol. The summed E-state index contributed by atoms with van der Waals surface area (Å²) >= 11 is 11.4. The summed E-state index contributed by atoms with van der Waals surface area (Å²) in [5.41, 5.74) is 1.04. The van der Waals surface area contributed by atoms with Crippen LogP contribution in [0.5, 0.6) is 0 Å². The summed E-state index contributed by atoms with van der Waals surface area (Å²) in [6.07, 6.45) is 2.85. The maximum Gasteiger partial charge on any atom is 0.198 e. The van der Waals surface area contributed by atoms with Gasteiger partial charge in [-0.2, -0.15) is 5.10 Å². The molecular formula is C5H2Cl2N4. The van der Waals surface area contributed by atoms with Crippen LogP contribution in [0.3, 0.4) is 0 Å². The number of aromatic nitrogens is 4. The topological polar surface area (TPSA) is 43.6 Å². The van der Waals surface area contributed by atoms with Gasteiger partial charge in [-0.3, -0.25) is 0 Å². The molecule has 0 fully saturated rings. The second kappa shape index (κ2) is 2.32. The Morgan fingerprint density at radius 2 is 2.27 bits per heavy atom. The lowest BCUT2D eigenvalue weighted by Crippen LogP contribution is -1.85. The van der Waals surface area contributed by atoms with Gasteiger partial charge in [0.25, 0.3) is 0 Å². The van der Waals surface area contributed by atoms with Crippen LogP contribution in [0.15, 0.2) is 12.5 Å². The zero-order valence-electron chi connectivity index (χ0n) is 5.20. The second-order valence-electron chi connectivity index (χ2n) is 1.92. The van der Waals surface area contributed by atoms with E-state index in [1.165, 1.54) is 16.6 Å². The first-order chi connectivity index (χ1) is 5.29. The SMILES string of the molecule is Clc1cnnc2c1ncn2Cl. The standard InChI is InChI=1S/C5H2Cl2N4/c6-3-1-9-10-5-4(3)8-2-11(5)7/h1-2H. The van der Waals surface area contributed by atoms with Gasteiger partial charge in [0.2, 0.25) is 0 Å². The van der Waals surface area contributed by atoms with Crippen molar-refractivity contribution >= 4 is 34.5 Å². The van der Waals surface area contributed by atoms with Crippen molar-refractivity contribution in [1.29, 1.82) is 0 Å². The summed E-state index contributed by atoms with van der Waals surface area (Å²) in [5, 5.41) is 7.81. The first kappa shape index (κ1) is 6.82. The van der Waals surface area contributed by atoms with Gasteiger partial charge in [0, 0.05) is 11.8 Å². The van der Waals surface area contributed by atoms with Gasteiger partial charge in [-0.25, -0.2) is 9.07 Å². The number of hydrogen-bond acceptors (Lipinski definition) is 3. The van der Waals surface area contributed by atoms with Gasteiger partial charge >= 0.3 is 0 Å². The minimum atomic E-state index is 0.453. The maximum atomic E-state index is 5.73. The molecule has 2 heterocycles. The zero-order chi connectivity index (χ0) is 7.84. The van der Waals surface area contributed by atoms with Crippen LogP contribution in [0.4, 0.5) is 0 Å². The molecule has 4 nitrogen and oxygen atoms in total. The number of nitrogens with zero attached hydrogens (tertiary/aromatic N) is 4. The number of imidazole rings is 1. The fraction of sp³-hybridized carbons (Fsp3) is 0. The van der Waals surface area contributed by atoms with Crippen molar-refractivity contribution in [3.8, 4) is 0 Å². The van der Waals surface area contributed by atoms with E-state index in [4.69, 9.17) is 23.4 Å². The lowest BCUT2D eigenvalue weighted by atomic mass is 10.5. The molecule has 0 aliphatic heterocycles. The van der Waals surface area contributed by atoms with Crippen molar-refractivity contribution < 1.29 is 0 Å². The largest absolute Gasteiger partial charge is 0.232 e. The van der Waals surface area contributed by atoms with Gasteiger partial charge in [0.05, 0.1) is 11.2 Å². The molecule has 0 N–H and O–H groups in total. The first-order valence-corrected chi connectivity index (χ1v) is 3.51. The van der Waals surface area contributed by atoms with Crippen LogP contribution >= 0.6 is 23.4 Å². The quantitative estimate of drug-likeness (QED) is 0.630. The first-order valence-electron chi connectivity index (χ1n) is 2.79. The van der Waals surface area contributed by atoms with Crippen LogP contribution in [0.25, 0.3) is 11.2 Å². The summed E-state index contributed by atoms with van der Waals surface area (Å²) in [4.78, 5) is 3.91. The molecule has 0 saturated heterocycles. The Kier molecular flexibility index (Phi) is 1.44. The minimum Gasteiger partial charge on any atom is -0.232 e. The van der Waals surface area contributed by atoms with Gasteiger partial charge in [-0.15, -0.1) is 5.10 Å². The van der Waals surface area contributed by atoms with E-state index < -0.39 is 0 Å². The molecule has 2 aromatic rings. The van der Waals surface area contributed by atoms with Crippen molar-refractivity contribution in [3.05, 3.63) is 17.5 Å². The summed E-state index contributed by atoms with van der Waals surface area (Å²) in [7, 11) is 0. The van der Waals surface area contributed by atoms with Crippen molar-refractivity contribution in [2.45, 2.75) is 0 Å². The smallest absolute Gasteiger partial charge is 0.198 e. The molecule has 0 saturated carbocycles. The number of halogens is 2. The fourth-order valence-corrected chi connectivity index (χ4v) is 1.11. The van der Waals surface area contributed by atoms with Crippen molar-refractivity contribution in [1.82, 2.24) is 19.3 Å². The summed E-state index contributed by atoms with van der Waals surface area (Å²) < 4.78 is 1.24. The normalized spacial score (nSPS) is 10.7. The molecule has 0 bridgehead atoms. The average molecular weight is 189 g/mol. The second-order valence-corrected chi connectivity index (χ2v) is 2.69. The molecule has 6 heteroatoms. The Morgan fingerprint density at radius 3 is 3.00 bits per heavy atom. The van der Waals surface area contributed by atoms with Crippen LogP contribution < -0.4 is 0 Å². The van der Waals surface area contributed by atoms with Gasteiger partial charge in [-0.05, 0) is 0 Å². The average Bonchev–Trinajstić information content (AvgIpc) is 2.35. The minimum absolute atomic E-state index is 0.453. The van der Waals surface area contributed by atoms with Crippen LogP contribution in [0.1, 0.15) is 0 Å². The Morgan fingerprint density at radius 1 is 1.45 bits per heavy atom. The third kappa shape index (κ3) is 0.948.